The second kappa shape index (κ2) is 8.52. The van der Waals surface area contributed by atoms with E-state index >= 15 is 0 Å². The minimum Gasteiger partial charge on any atom is -0.378 e. The summed E-state index contributed by atoms with van der Waals surface area (Å²) in [7, 11) is 0. The van der Waals surface area contributed by atoms with Gasteiger partial charge in [0.1, 0.15) is 5.82 Å². The van der Waals surface area contributed by atoms with E-state index in [1.54, 1.807) is 6.20 Å². The monoisotopic (exact) mass is 336 g/mol. The summed E-state index contributed by atoms with van der Waals surface area (Å²) in [6.45, 7) is 4.68. The number of nitrogens with zero attached hydrogens (tertiary/aromatic N) is 2. The Balaban J connectivity index is 1.54. The van der Waals surface area contributed by atoms with Crippen molar-refractivity contribution in [2.45, 2.75) is 19.0 Å². The molecule has 126 valence electrons. The van der Waals surface area contributed by atoms with E-state index in [-0.39, 0.29) is 5.91 Å². The molecule has 2 aliphatic heterocycles. The van der Waals surface area contributed by atoms with Gasteiger partial charge in [0.25, 0.3) is 0 Å². The Hall–Kier alpha value is -1.31. The zero-order valence-corrected chi connectivity index (χ0v) is 14.1. The van der Waals surface area contributed by atoms with Crippen LogP contribution in [0.3, 0.4) is 0 Å². The number of rotatable bonds is 5. The standard InChI is InChI=1S/C16H24N4O2S/c21-15(10-14-12-23-9-4-17-14)19-11-13-2-1-3-18-16(13)20-5-7-22-8-6-20/h1-3,14,17H,4-12H2,(H,19,21). The Bertz CT molecular complexity index is 517. The lowest BCUT2D eigenvalue weighted by atomic mass is 10.2. The number of morpholine rings is 1. The van der Waals surface area contributed by atoms with Gasteiger partial charge in [-0.05, 0) is 6.07 Å². The molecule has 0 spiro atoms. The van der Waals surface area contributed by atoms with E-state index in [1.165, 1.54) is 0 Å². The number of hydrogen-bond donors (Lipinski definition) is 2. The molecule has 1 aromatic heterocycles. The summed E-state index contributed by atoms with van der Waals surface area (Å²) in [5.41, 5.74) is 1.06. The molecule has 0 aromatic carbocycles. The first-order valence-corrected chi connectivity index (χ1v) is 9.33. The molecule has 2 aliphatic rings. The number of amides is 1. The average Bonchev–Trinajstić information content (AvgIpc) is 2.62. The Labute approximate surface area is 141 Å². The van der Waals surface area contributed by atoms with Crippen molar-refractivity contribution < 1.29 is 9.53 Å². The largest absolute Gasteiger partial charge is 0.378 e. The van der Waals surface area contributed by atoms with Gasteiger partial charge in [-0.15, -0.1) is 0 Å². The Morgan fingerprint density at radius 3 is 3.13 bits per heavy atom. The minimum atomic E-state index is 0.0989. The highest BCUT2D eigenvalue weighted by Crippen LogP contribution is 2.18. The number of ether oxygens (including phenoxy) is 1. The zero-order chi connectivity index (χ0) is 15.9. The van der Waals surface area contributed by atoms with Crippen molar-refractivity contribution in [3.8, 4) is 0 Å². The molecule has 1 atom stereocenters. The van der Waals surface area contributed by atoms with Crippen molar-refractivity contribution in [3.05, 3.63) is 23.9 Å². The second-order valence-corrected chi connectivity index (χ2v) is 6.94. The second-order valence-electron chi connectivity index (χ2n) is 5.79. The molecule has 2 saturated heterocycles. The van der Waals surface area contributed by atoms with E-state index < -0.39 is 0 Å². The number of nitrogens with one attached hydrogen (secondary N) is 2. The summed E-state index contributed by atoms with van der Waals surface area (Å²) < 4.78 is 5.40. The minimum absolute atomic E-state index is 0.0989. The van der Waals surface area contributed by atoms with E-state index in [0.717, 1.165) is 55.7 Å². The third-order valence-electron chi connectivity index (χ3n) is 4.08. The molecule has 23 heavy (non-hydrogen) atoms. The van der Waals surface area contributed by atoms with Crippen molar-refractivity contribution in [2.24, 2.45) is 0 Å². The van der Waals surface area contributed by atoms with Gasteiger partial charge in [0, 0.05) is 61.9 Å². The van der Waals surface area contributed by atoms with Crippen LogP contribution in [0.15, 0.2) is 18.3 Å². The van der Waals surface area contributed by atoms with Crippen LogP contribution in [0.4, 0.5) is 5.82 Å². The lowest BCUT2D eigenvalue weighted by molar-refractivity contribution is -0.121. The molecule has 0 saturated carbocycles. The molecule has 2 N–H and O–H groups in total. The predicted molar refractivity (Wildman–Crippen MR) is 92.8 cm³/mol. The molecule has 0 radical (unpaired) electrons. The third-order valence-corrected chi connectivity index (χ3v) is 5.22. The molecule has 3 heterocycles. The molecular formula is C16H24N4O2S. The van der Waals surface area contributed by atoms with Crippen LogP contribution >= 0.6 is 11.8 Å². The van der Waals surface area contributed by atoms with Crippen LogP contribution < -0.4 is 15.5 Å². The molecule has 6 nitrogen and oxygen atoms in total. The van der Waals surface area contributed by atoms with Crippen molar-refractivity contribution in [3.63, 3.8) is 0 Å². The van der Waals surface area contributed by atoms with Crippen LogP contribution in [-0.4, -0.2) is 61.3 Å². The molecule has 1 amide bonds. The van der Waals surface area contributed by atoms with Crippen molar-refractivity contribution >= 4 is 23.5 Å². The molecule has 2 fully saturated rings. The molecular weight excluding hydrogens is 312 g/mol. The number of thioether (sulfide) groups is 1. The summed E-state index contributed by atoms with van der Waals surface area (Å²) in [6, 6.07) is 4.25. The van der Waals surface area contributed by atoms with Crippen LogP contribution in [0.25, 0.3) is 0 Å². The topological polar surface area (TPSA) is 66.5 Å². The highest BCUT2D eigenvalue weighted by Gasteiger charge is 2.18. The molecule has 7 heteroatoms. The van der Waals surface area contributed by atoms with Gasteiger partial charge in [-0.1, -0.05) is 6.07 Å². The van der Waals surface area contributed by atoms with Gasteiger partial charge in [0.15, 0.2) is 0 Å². The third kappa shape index (κ3) is 4.83. The van der Waals surface area contributed by atoms with Gasteiger partial charge in [0.2, 0.25) is 5.91 Å². The Kier molecular flexibility index (Phi) is 6.13. The number of aromatic nitrogens is 1. The lowest BCUT2D eigenvalue weighted by Crippen LogP contribution is -2.41. The SMILES string of the molecule is O=C(CC1CSCCN1)NCc1cccnc1N1CCOCC1. The average molecular weight is 336 g/mol. The predicted octanol–water partition coefficient (Wildman–Crippen LogP) is 0.629. The summed E-state index contributed by atoms with van der Waals surface area (Å²) in [4.78, 5) is 18.9. The van der Waals surface area contributed by atoms with E-state index in [9.17, 15) is 4.79 Å². The fourth-order valence-electron chi connectivity index (χ4n) is 2.87. The summed E-state index contributed by atoms with van der Waals surface area (Å²) >= 11 is 1.91. The lowest BCUT2D eigenvalue weighted by Gasteiger charge is -2.29. The summed E-state index contributed by atoms with van der Waals surface area (Å²) in [6.07, 6.45) is 2.35. The maximum Gasteiger partial charge on any atom is 0.221 e. The maximum atomic E-state index is 12.2. The van der Waals surface area contributed by atoms with Crippen molar-refractivity contribution in [1.82, 2.24) is 15.6 Å². The van der Waals surface area contributed by atoms with Crippen LogP contribution in [0.5, 0.6) is 0 Å². The van der Waals surface area contributed by atoms with E-state index in [4.69, 9.17) is 4.74 Å². The summed E-state index contributed by atoms with van der Waals surface area (Å²) in [5, 5.41) is 6.43. The normalized spacial score (nSPS) is 21.9. The first kappa shape index (κ1) is 16.5. The van der Waals surface area contributed by atoms with Crippen LogP contribution in [0.2, 0.25) is 0 Å². The van der Waals surface area contributed by atoms with Crippen LogP contribution in [0, 0.1) is 0 Å². The summed E-state index contributed by atoms with van der Waals surface area (Å²) in [5.74, 6) is 3.21. The Morgan fingerprint density at radius 2 is 2.35 bits per heavy atom. The van der Waals surface area contributed by atoms with Gasteiger partial charge in [-0.3, -0.25) is 4.79 Å². The van der Waals surface area contributed by atoms with Gasteiger partial charge in [-0.2, -0.15) is 11.8 Å². The van der Waals surface area contributed by atoms with Crippen molar-refractivity contribution in [1.29, 1.82) is 0 Å². The number of hydrogen-bond acceptors (Lipinski definition) is 6. The molecule has 1 aromatic rings. The van der Waals surface area contributed by atoms with E-state index in [2.05, 4.69) is 20.5 Å². The first-order chi connectivity index (χ1) is 11.3. The number of pyridine rings is 1. The fraction of sp³-hybridized carbons (Fsp3) is 0.625. The highest BCUT2D eigenvalue weighted by atomic mass is 32.2. The number of carbonyl (C=O) groups is 1. The molecule has 0 bridgehead atoms. The van der Waals surface area contributed by atoms with Crippen LogP contribution in [0.1, 0.15) is 12.0 Å². The fourth-order valence-corrected chi connectivity index (χ4v) is 3.82. The number of anilines is 1. The number of carbonyl (C=O) groups excluding carboxylic acids is 1. The molecule has 0 aliphatic carbocycles. The quantitative estimate of drug-likeness (QED) is 0.822. The maximum absolute atomic E-state index is 12.2. The van der Waals surface area contributed by atoms with Gasteiger partial charge < -0.3 is 20.3 Å². The van der Waals surface area contributed by atoms with Gasteiger partial charge in [-0.25, -0.2) is 4.98 Å². The van der Waals surface area contributed by atoms with E-state index in [1.807, 2.05) is 23.9 Å². The molecule has 3 rings (SSSR count). The highest BCUT2D eigenvalue weighted by molar-refractivity contribution is 7.99. The molecule has 1 unspecified atom stereocenters. The zero-order valence-electron chi connectivity index (χ0n) is 13.3. The Morgan fingerprint density at radius 1 is 1.48 bits per heavy atom. The van der Waals surface area contributed by atoms with Gasteiger partial charge >= 0.3 is 0 Å². The van der Waals surface area contributed by atoms with E-state index in [0.29, 0.717) is 19.0 Å². The first-order valence-electron chi connectivity index (χ1n) is 8.17. The smallest absolute Gasteiger partial charge is 0.221 e. The van der Waals surface area contributed by atoms with Crippen LogP contribution in [-0.2, 0) is 16.1 Å². The van der Waals surface area contributed by atoms with Crippen molar-refractivity contribution in [2.75, 3.05) is 49.3 Å². The van der Waals surface area contributed by atoms with Gasteiger partial charge in [0.05, 0.1) is 13.2 Å².